The van der Waals surface area contributed by atoms with Crippen LogP contribution in [-0.4, -0.2) is 21.6 Å². The molecule has 3 rings (SSSR count). The van der Waals surface area contributed by atoms with Crippen molar-refractivity contribution >= 4 is 11.9 Å². The van der Waals surface area contributed by atoms with E-state index in [4.69, 9.17) is 0 Å². The smallest absolute Gasteiger partial charge is 0.181 e. The second-order valence-electron chi connectivity index (χ2n) is 6.25. The molecule has 1 N–H and O–H groups in total. The van der Waals surface area contributed by atoms with Crippen LogP contribution in [0.15, 0.2) is 35.6 Å². The van der Waals surface area contributed by atoms with Crippen molar-refractivity contribution in [2.75, 3.05) is 0 Å². The molecule has 0 radical (unpaired) electrons. The number of ketones is 1. The molecular weight excluding hydrogens is 250 g/mol. The van der Waals surface area contributed by atoms with Crippen molar-refractivity contribution in [1.82, 2.24) is 4.57 Å². The summed E-state index contributed by atoms with van der Waals surface area (Å²) in [4.78, 5) is 12.3. The van der Waals surface area contributed by atoms with Crippen LogP contribution < -0.4 is 0 Å². The molecule has 1 aromatic rings. The van der Waals surface area contributed by atoms with Gasteiger partial charge >= 0.3 is 0 Å². The summed E-state index contributed by atoms with van der Waals surface area (Å²) >= 11 is 0. The molecular formula is C17H21NO2. The topological polar surface area (TPSA) is 42.2 Å². The maximum atomic E-state index is 12.3. The number of aliphatic hydroxyl groups excluding tert-OH is 1. The number of aromatic nitrogens is 1. The SMILES string of the molecule is Cn1cccc1/C=C1\C[C@@]2(C)C(=CC1=O)CCC[C@@H]2O. The fourth-order valence-corrected chi connectivity index (χ4v) is 3.43. The van der Waals surface area contributed by atoms with Gasteiger partial charge in [-0.25, -0.2) is 0 Å². The Balaban J connectivity index is 2.00. The first-order valence-corrected chi connectivity index (χ1v) is 7.26. The number of fused-ring (bicyclic) bond motifs is 1. The van der Waals surface area contributed by atoms with Crippen LogP contribution in [0, 0.1) is 5.41 Å². The second-order valence-corrected chi connectivity index (χ2v) is 6.25. The summed E-state index contributed by atoms with van der Waals surface area (Å²) < 4.78 is 2.00. The molecule has 2 aliphatic carbocycles. The maximum absolute atomic E-state index is 12.3. The number of aryl methyl sites for hydroxylation is 1. The normalized spacial score (nSPS) is 32.1. The van der Waals surface area contributed by atoms with E-state index in [2.05, 4.69) is 6.92 Å². The van der Waals surface area contributed by atoms with Gasteiger partial charge in [-0.3, -0.25) is 4.79 Å². The summed E-state index contributed by atoms with van der Waals surface area (Å²) in [7, 11) is 1.97. The Bertz CT molecular complexity index is 608. The summed E-state index contributed by atoms with van der Waals surface area (Å²) in [5.74, 6) is 0.104. The van der Waals surface area contributed by atoms with Crippen molar-refractivity contribution in [1.29, 1.82) is 0 Å². The van der Waals surface area contributed by atoms with Gasteiger partial charge in [0.2, 0.25) is 0 Å². The molecule has 3 heteroatoms. The third kappa shape index (κ3) is 2.06. The van der Waals surface area contributed by atoms with Crippen LogP contribution in [0.1, 0.15) is 38.3 Å². The predicted octanol–water partition coefficient (Wildman–Crippen LogP) is 2.86. The number of hydrogen-bond donors (Lipinski definition) is 1. The van der Waals surface area contributed by atoms with Crippen molar-refractivity contribution in [3.05, 3.63) is 41.2 Å². The summed E-state index contributed by atoms with van der Waals surface area (Å²) in [5, 5.41) is 10.4. The molecule has 0 spiro atoms. The lowest BCUT2D eigenvalue weighted by molar-refractivity contribution is -0.112. The molecule has 1 aromatic heterocycles. The lowest BCUT2D eigenvalue weighted by atomic mass is 9.63. The number of carbonyl (C=O) groups is 1. The first-order valence-electron chi connectivity index (χ1n) is 7.26. The molecule has 0 aromatic carbocycles. The molecule has 0 bridgehead atoms. The Labute approximate surface area is 119 Å². The van der Waals surface area contributed by atoms with Crippen LogP contribution in [0.3, 0.4) is 0 Å². The van der Waals surface area contributed by atoms with Crippen LogP contribution >= 0.6 is 0 Å². The van der Waals surface area contributed by atoms with Gasteiger partial charge < -0.3 is 9.67 Å². The standard InChI is InChI=1S/C17H21NO2/c1-17-11-12(9-14-6-4-8-18(14)2)15(19)10-13(17)5-3-7-16(17)20/h4,6,8-10,16,20H,3,5,7,11H2,1-2H3/b12-9+/t16-,17-/m0/s1. The molecule has 1 saturated carbocycles. The lowest BCUT2D eigenvalue weighted by Crippen LogP contribution is -2.41. The van der Waals surface area contributed by atoms with Gasteiger partial charge in [0.25, 0.3) is 0 Å². The molecule has 20 heavy (non-hydrogen) atoms. The molecule has 3 nitrogen and oxygen atoms in total. The van der Waals surface area contributed by atoms with Crippen LogP contribution in [0.25, 0.3) is 6.08 Å². The third-order valence-electron chi connectivity index (χ3n) is 4.88. The van der Waals surface area contributed by atoms with Crippen molar-refractivity contribution in [2.24, 2.45) is 12.5 Å². The Kier molecular flexibility index (Phi) is 3.17. The van der Waals surface area contributed by atoms with Gasteiger partial charge in [0.1, 0.15) is 0 Å². The molecule has 0 aliphatic heterocycles. The van der Waals surface area contributed by atoms with Crippen molar-refractivity contribution in [3.63, 3.8) is 0 Å². The molecule has 1 fully saturated rings. The average molecular weight is 271 g/mol. The number of nitrogens with zero attached hydrogens (tertiary/aromatic N) is 1. The van der Waals surface area contributed by atoms with Crippen LogP contribution in [0.4, 0.5) is 0 Å². The van der Waals surface area contributed by atoms with E-state index in [0.29, 0.717) is 6.42 Å². The quantitative estimate of drug-likeness (QED) is 0.798. The highest BCUT2D eigenvalue weighted by Gasteiger charge is 2.43. The van der Waals surface area contributed by atoms with Gasteiger partial charge in [0.15, 0.2) is 5.78 Å². The van der Waals surface area contributed by atoms with E-state index in [0.717, 1.165) is 36.1 Å². The van der Waals surface area contributed by atoms with Crippen LogP contribution in [-0.2, 0) is 11.8 Å². The first kappa shape index (κ1) is 13.4. The number of carbonyl (C=O) groups excluding carboxylic acids is 1. The van der Waals surface area contributed by atoms with E-state index in [-0.39, 0.29) is 17.3 Å². The molecule has 0 saturated heterocycles. The summed E-state index contributed by atoms with van der Waals surface area (Å²) in [6, 6.07) is 3.97. The number of rotatable bonds is 1. The second kappa shape index (κ2) is 4.74. The highest BCUT2D eigenvalue weighted by atomic mass is 16.3. The van der Waals surface area contributed by atoms with E-state index < -0.39 is 0 Å². The third-order valence-corrected chi connectivity index (χ3v) is 4.88. The van der Waals surface area contributed by atoms with Crippen molar-refractivity contribution in [3.8, 4) is 0 Å². The fourth-order valence-electron chi connectivity index (χ4n) is 3.43. The van der Waals surface area contributed by atoms with Crippen molar-refractivity contribution < 1.29 is 9.90 Å². The molecule has 2 aliphatic rings. The van der Waals surface area contributed by atoms with E-state index in [9.17, 15) is 9.90 Å². The van der Waals surface area contributed by atoms with Gasteiger partial charge in [0.05, 0.1) is 6.10 Å². The van der Waals surface area contributed by atoms with Crippen LogP contribution in [0.2, 0.25) is 0 Å². The maximum Gasteiger partial charge on any atom is 0.181 e. The lowest BCUT2D eigenvalue weighted by Gasteiger charge is -2.43. The minimum Gasteiger partial charge on any atom is -0.392 e. The van der Waals surface area contributed by atoms with Gasteiger partial charge in [0, 0.05) is 29.9 Å². The van der Waals surface area contributed by atoms with Gasteiger partial charge in [-0.05, 0) is 50.0 Å². The molecule has 0 unspecified atom stereocenters. The monoisotopic (exact) mass is 271 g/mol. The van der Waals surface area contributed by atoms with Gasteiger partial charge in [-0.15, -0.1) is 0 Å². The first-order chi connectivity index (χ1) is 9.50. The van der Waals surface area contributed by atoms with Gasteiger partial charge in [-0.1, -0.05) is 12.5 Å². The average Bonchev–Trinajstić information content (AvgIpc) is 2.79. The summed E-state index contributed by atoms with van der Waals surface area (Å²) in [6.07, 6.45) is 8.75. The number of allylic oxidation sites excluding steroid dienone is 2. The van der Waals surface area contributed by atoms with Crippen molar-refractivity contribution in [2.45, 2.75) is 38.7 Å². The van der Waals surface area contributed by atoms with E-state index in [1.807, 2.05) is 36.0 Å². The fraction of sp³-hybridized carbons (Fsp3) is 0.471. The Hall–Kier alpha value is -1.61. The summed E-state index contributed by atoms with van der Waals surface area (Å²) in [5.41, 5.74) is 2.70. The molecule has 0 amide bonds. The van der Waals surface area contributed by atoms with E-state index >= 15 is 0 Å². The minimum absolute atomic E-state index is 0.104. The minimum atomic E-state index is -0.340. The highest BCUT2D eigenvalue weighted by molar-refractivity contribution is 6.08. The zero-order valence-corrected chi connectivity index (χ0v) is 12.1. The zero-order valence-electron chi connectivity index (χ0n) is 12.1. The molecule has 106 valence electrons. The Morgan fingerprint density at radius 1 is 1.50 bits per heavy atom. The van der Waals surface area contributed by atoms with Gasteiger partial charge in [-0.2, -0.15) is 0 Å². The Morgan fingerprint density at radius 3 is 3.00 bits per heavy atom. The molecule has 2 atom stereocenters. The Morgan fingerprint density at radius 2 is 2.30 bits per heavy atom. The number of aliphatic hydroxyl groups is 1. The van der Waals surface area contributed by atoms with E-state index in [1.54, 1.807) is 6.08 Å². The summed E-state index contributed by atoms with van der Waals surface area (Å²) in [6.45, 7) is 2.09. The molecule has 1 heterocycles. The highest BCUT2D eigenvalue weighted by Crippen LogP contribution is 2.48. The largest absolute Gasteiger partial charge is 0.392 e. The number of hydrogen-bond acceptors (Lipinski definition) is 2. The predicted molar refractivity (Wildman–Crippen MR) is 79.1 cm³/mol. The van der Waals surface area contributed by atoms with E-state index in [1.165, 1.54) is 0 Å². The van der Waals surface area contributed by atoms with Crippen LogP contribution in [0.5, 0.6) is 0 Å². The zero-order chi connectivity index (χ0) is 14.3.